The summed E-state index contributed by atoms with van der Waals surface area (Å²) in [5.74, 6) is 1.35. The van der Waals surface area contributed by atoms with Crippen LogP contribution in [0, 0.1) is 0 Å². The zero-order valence-corrected chi connectivity index (χ0v) is 18.4. The molecule has 5 nitrogen and oxygen atoms in total. The summed E-state index contributed by atoms with van der Waals surface area (Å²) in [6.07, 6.45) is 2.11. The Labute approximate surface area is 186 Å². The van der Waals surface area contributed by atoms with Crippen LogP contribution in [-0.2, 0) is 13.0 Å². The average molecular weight is 432 g/mol. The van der Waals surface area contributed by atoms with Crippen molar-refractivity contribution >= 4 is 0 Å². The second kappa shape index (κ2) is 12.6. The summed E-state index contributed by atoms with van der Waals surface area (Å²) in [5, 5.41) is 10.4. The van der Waals surface area contributed by atoms with Gasteiger partial charge in [-0.2, -0.15) is 0 Å². The first-order chi connectivity index (χ1) is 14.2. The van der Waals surface area contributed by atoms with Crippen molar-refractivity contribution in [3.8, 4) is 11.5 Å². The summed E-state index contributed by atoms with van der Waals surface area (Å²) in [4.78, 5) is 4.77. The second-order valence-corrected chi connectivity index (χ2v) is 7.51. The maximum atomic E-state index is 10.4. The number of aliphatic hydroxyl groups is 1. The minimum Gasteiger partial charge on any atom is -1.00 e. The summed E-state index contributed by atoms with van der Waals surface area (Å²) in [7, 11) is 1.63. The molecular weight excluding hydrogens is 400 g/mol. The molecule has 1 saturated heterocycles. The van der Waals surface area contributed by atoms with E-state index >= 15 is 0 Å². The molecule has 0 saturated carbocycles. The lowest BCUT2D eigenvalue weighted by atomic mass is 10.1. The van der Waals surface area contributed by atoms with Gasteiger partial charge in [0.05, 0.1) is 7.11 Å². The van der Waals surface area contributed by atoms with Gasteiger partial charge in [-0.3, -0.25) is 9.80 Å². The van der Waals surface area contributed by atoms with Crippen molar-refractivity contribution < 1.29 is 27.0 Å². The smallest absolute Gasteiger partial charge is 0.161 e. The van der Waals surface area contributed by atoms with E-state index in [-0.39, 0.29) is 19.0 Å². The summed E-state index contributed by atoms with van der Waals surface area (Å²) in [6, 6.07) is 16.4. The van der Waals surface area contributed by atoms with Crippen molar-refractivity contribution in [3.63, 3.8) is 0 Å². The molecule has 1 aliphatic rings. The van der Waals surface area contributed by atoms with Crippen molar-refractivity contribution in [3.05, 3.63) is 72.3 Å². The number of ether oxygens (including phenoxy) is 2. The second-order valence-electron chi connectivity index (χ2n) is 7.51. The molecule has 30 heavy (non-hydrogen) atoms. The summed E-state index contributed by atoms with van der Waals surface area (Å²) < 4.78 is 11.2. The SMILES string of the molecule is C=CCc1ccc(OCC(O)CN2CCN(Cc3ccccc3)CC2)c(OC)c1.[Cl-]. The first-order valence-corrected chi connectivity index (χ1v) is 10.2. The molecule has 3 rings (SSSR count). The van der Waals surface area contributed by atoms with E-state index in [1.807, 2.05) is 24.3 Å². The lowest BCUT2D eigenvalue weighted by Crippen LogP contribution is -3.00. The minimum absolute atomic E-state index is 0. The Kier molecular flexibility index (Phi) is 10.2. The number of hydrogen-bond acceptors (Lipinski definition) is 5. The predicted octanol–water partition coefficient (Wildman–Crippen LogP) is -0.0148. The third-order valence-corrected chi connectivity index (χ3v) is 5.22. The zero-order chi connectivity index (χ0) is 20.5. The predicted molar refractivity (Wildman–Crippen MR) is 117 cm³/mol. The molecule has 1 unspecified atom stereocenters. The Bertz CT molecular complexity index is 764. The fraction of sp³-hybridized carbons (Fsp3) is 0.417. The van der Waals surface area contributed by atoms with Gasteiger partial charge in [-0.15, -0.1) is 6.58 Å². The van der Waals surface area contributed by atoms with E-state index in [1.165, 1.54) is 5.56 Å². The highest BCUT2D eigenvalue weighted by Crippen LogP contribution is 2.28. The van der Waals surface area contributed by atoms with Gasteiger partial charge in [0, 0.05) is 39.3 Å². The number of methoxy groups -OCH3 is 1. The van der Waals surface area contributed by atoms with Crippen molar-refractivity contribution in [1.82, 2.24) is 9.80 Å². The van der Waals surface area contributed by atoms with Crippen molar-refractivity contribution in [2.45, 2.75) is 19.1 Å². The monoisotopic (exact) mass is 431 g/mol. The van der Waals surface area contributed by atoms with Gasteiger partial charge in [-0.1, -0.05) is 42.5 Å². The summed E-state index contributed by atoms with van der Waals surface area (Å²) in [6.45, 7) is 9.58. The fourth-order valence-corrected chi connectivity index (χ4v) is 3.63. The number of rotatable bonds is 10. The summed E-state index contributed by atoms with van der Waals surface area (Å²) in [5.41, 5.74) is 2.47. The largest absolute Gasteiger partial charge is 1.00 e. The van der Waals surface area contributed by atoms with E-state index in [2.05, 4.69) is 46.7 Å². The number of benzene rings is 2. The molecule has 0 aromatic heterocycles. The Morgan fingerprint density at radius 3 is 2.37 bits per heavy atom. The van der Waals surface area contributed by atoms with Crippen LogP contribution in [0.1, 0.15) is 11.1 Å². The molecule has 0 amide bonds. The molecule has 0 aliphatic carbocycles. The van der Waals surface area contributed by atoms with E-state index in [0.29, 0.717) is 18.0 Å². The van der Waals surface area contributed by atoms with E-state index in [0.717, 1.165) is 44.7 Å². The molecule has 1 atom stereocenters. The number of β-amino-alcohol motifs (C(OH)–C–C–N with tert-alkyl or cyclic N) is 1. The van der Waals surface area contributed by atoms with E-state index < -0.39 is 6.10 Å². The maximum Gasteiger partial charge on any atom is 0.161 e. The number of halogens is 1. The van der Waals surface area contributed by atoms with Crippen LogP contribution in [0.5, 0.6) is 11.5 Å². The van der Waals surface area contributed by atoms with Gasteiger partial charge >= 0.3 is 0 Å². The number of aliphatic hydroxyl groups excluding tert-OH is 1. The highest BCUT2D eigenvalue weighted by Gasteiger charge is 2.20. The van der Waals surface area contributed by atoms with Crippen LogP contribution in [0.2, 0.25) is 0 Å². The Balaban J connectivity index is 0.00000320. The molecule has 2 aromatic rings. The fourth-order valence-electron chi connectivity index (χ4n) is 3.63. The standard InChI is InChI=1S/C24H32N2O3.ClH/c1-3-7-20-10-11-23(24(16-20)28-2)29-19-22(27)18-26-14-12-25(13-15-26)17-21-8-5-4-6-9-21;/h3-6,8-11,16,22,27H,1,7,12-15,17-19H2,2H3;1H/p-1. The van der Waals surface area contributed by atoms with E-state index in [4.69, 9.17) is 9.47 Å². The minimum atomic E-state index is -0.534. The number of nitrogens with zero attached hydrogens (tertiary/aromatic N) is 2. The highest BCUT2D eigenvalue weighted by atomic mass is 35.5. The zero-order valence-electron chi connectivity index (χ0n) is 17.7. The van der Waals surface area contributed by atoms with Gasteiger partial charge in [0.15, 0.2) is 11.5 Å². The van der Waals surface area contributed by atoms with Crippen LogP contribution < -0.4 is 21.9 Å². The van der Waals surface area contributed by atoms with Crippen LogP contribution in [0.15, 0.2) is 61.2 Å². The van der Waals surface area contributed by atoms with Crippen molar-refractivity contribution in [1.29, 1.82) is 0 Å². The number of hydrogen-bond donors (Lipinski definition) is 1. The Morgan fingerprint density at radius 2 is 1.70 bits per heavy atom. The molecule has 0 bridgehead atoms. The molecular formula is C24H32ClN2O3-. The molecule has 2 aromatic carbocycles. The van der Waals surface area contributed by atoms with Gasteiger partial charge in [0.2, 0.25) is 0 Å². The van der Waals surface area contributed by atoms with Gasteiger partial charge in [-0.05, 0) is 29.7 Å². The molecule has 164 valence electrons. The number of allylic oxidation sites excluding steroid dienone is 1. The van der Waals surface area contributed by atoms with Gasteiger partial charge in [-0.25, -0.2) is 0 Å². The lowest BCUT2D eigenvalue weighted by Gasteiger charge is -2.35. The molecule has 1 fully saturated rings. The van der Waals surface area contributed by atoms with Gasteiger partial charge in [0.1, 0.15) is 12.7 Å². The molecule has 0 spiro atoms. The van der Waals surface area contributed by atoms with E-state index in [1.54, 1.807) is 7.11 Å². The molecule has 1 heterocycles. The molecule has 0 radical (unpaired) electrons. The number of piperazine rings is 1. The lowest BCUT2D eigenvalue weighted by molar-refractivity contribution is -0.00000884. The van der Waals surface area contributed by atoms with Crippen molar-refractivity contribution in [2.24, 2.45) is 0 Å². The topological polar surface area (TPSA) is 45.2 Å². The van der Waals surface area contributed by atoms with Crippen molar-refractivity contribution in [2.75, 3.05) is 46.4 Å². The third-order valence-electron chi connectivity index (χ3n) is 5.22. The van der Waals surface area contributed by atoms with Crippen LogP contribution in [0.4, 0.5) is 0 Å². The normalized spacial score (nSPS) is 15.8. The average Bonchev–Trinajstić information content (AvgIpc) is 2.75. The molecule has 1 aliphatic heterocycles. The Morgan fingerprint density at radius 1 is 1.00 bits per heavy atom. The quantitative estimate of drug-likeness (QED) is 0.536. The third kappa shape index (κ3) is 7.33. The molecule has 1 N–H and O–H groups in total. The Hall–Kier alpha value is -2.05. The van der Waals surface area contributed by atoms with Crippen LogP contribution in [0.3, 0.4) is 0 Å². The van der Waals surface area contributed by atoms with Crippen LogP contribution in [0.25, 0.3) is 0 Å². The van der Waals surface area contributed by atoms with E-state index in [9.17, 15) is 5.11 Å². The van der Waals surface area contributed by atoms with Crippen LogP contribution >= 0.6 is 0 Å². The first-order valence-electron chi connectivity index (χ1n) is 10.2. The highest BCUT2D eigenvalue weighted by molar-refractivity contribution is 5.43. The van der Waals surface area contributed by atoms with Gasteiger partial charge < -0.3 is 27.0 Å². The first kappa shape index (κ1) is 24.2. The van der Waals surface area contributed by atoms with Gasteiger partial charge in [0.25, 0.3) is 0 Å². The summed E-state index contributed by atoms with van der Waals surface area (Å²) >= 11 is 0. The van der Waals surface area contributed by atoms with Crippen LogP contribution in [-0.4, -0.2) is 67.5 Å². The molecule has 6 heteroatoms. The maximum absolute atomic E-state index is 10.4.